The Kier molecular flexibility index (Phi) is 6.19. The molecule has 0 aliphatic rings. The largest absolute Gasteiger partial charge is 0.339 e. The molecule has 6 aromatic carbocycles. The molecule has 0 fully saturated rings. The van der Waals surface area contributed by atoms with Crippen LogP contribution in [0.2, 0.25) is 0 Å². The fourth-order valence-corrected chi connectivity index (χ4v) is 5.21. The van der Waals surface area contributed by atoms with Crippen LogP contribution in [0.4, 0.5) is 20.2 Å². The monoisotopic (exact) mass is 497 g/mol. The minimum atomic E-state index is -0.416. The summed E-state index contributed by atoms with van der Waals surface area (Å²) in [6.45, 7) is 0. The normalized spacial score (nSPS) is 11.0. The molecule has 0 radical (unpaired) electrons. The van der Waals surface area contributed by atoms with Crippen molar-refractivity contribution in [3.8, 4) is 33.4 Å². The Morgan fingerprint density at radius 2 is 1.16 bits per heavy atom. The zero-order chi connectivity index (χ0) is 26.1. The van der Waals surface area contributed by atoms with E-state index in [2.05, 4.69) is 42.5 Å². The third kappa shape index (κ3) is 4.22. The topological polar surface area (TPSA) is 3.24 Å². The van der Waals surface area contributed by atoms with Crippen molar-refractivity contribution in [2.75, 3.05) is 11.9 Å². The van der Waals surface area contributed by atoms with E-state index < -0.39 is 11.6 Å². The third-order valence-corrected chi connectivity index (χ3v) is 7.01. The number of hydrogen-bond acceptors (Lipinski definition) is 1. The Morgan fingerprint density at radius 1 is 0.500 bits per heavy atom. The van der Waals surface area contributed by atoms with Gasteiger partial charge in [0.2, 0.25) is 0 Å². The summed E-state index contributed by atoms with van der Waals surface area (Å²) < 4.78 is 30.7. The summed E-state index contributed by atoms with van der Waals surface area (Å²) in [6.07, 6.45) is 0. The minimum Gasteiger partial charge on any atom is -0.339 e. The standard InChI is InChI=1S/C35H25F2N/c1-38(33-20-8-7-19-31(33)36)35-32(37)22-21-30(25-11-3-2-4-12-25)34(35)27-16-9-15-26(23-27)29-18-10-14-24-13-5-6-17-28(24)29/h2-23H,1H3. The molecule has 38 heavy (non-hydrogen) atoms. The molecule has 0 saturated carbocycles. The van der Waals surface area contributed by atoms with Crippen molar-refractivity contribution in [1.29, 1.82) is 0 Å². The lowest BCUT2D eigenvalue weighted by Gasteiger charge is -2.26. The molecule has 0 bridgehead atoms. The molecule has 0 aliphatic carbocycles. The van der Waals surface area contributed by atoms with Crippen molar-refractivity contribution in [2.45, 2.75) is 0 Å². The quantitative estimate of drug-likeness (QED) is 0.229. The predicted molar refractivity (Wildman–Crippen MR) is 155 cm³/mol. The predicted octanol–water partition coefficient (Wildman–Crippen LogP) is 9.89. The highest BCUT2D eigenvalue weighted by atomic mass is 19.1. The molecule has 6 rings (SSSR count). The second-order valence-corrected chi connectivity index (χ2v) is 9.30. The molecule has 0 atom stereocenters. The first-order chi connectivity index (χ1) is 18.6. The number of hydrogen-bond donors (Lipinski definition) is 0. The van der Waals surface area contributed by atoms with Crippen LogP contribution in [0.5, 0.6) is 0 Å². The van der Waals surface area contributed by atoms with E-state index in [0.29, 0.717) is 16.9 Å². The Labute approximate surface area is 221 Å². The van der Waals surface area contributed by atoms with Crippen LogP contribution in [-0.4, -0.2) is 7.05 Å². The number of nitrogens with zero attached hydrogens (tertiary/aromatic N) is 1. The van der Waals surface area contributed by atoms with E-state index in [4.69, 9.17) is 0 Å². The fraction of sp³-hybridized carbons (Fsp3) is 0.0286. The molecule has 0 amide bonds. The second-order valence-electron chi connectivity index (χ2n) is 9.30. The lowest BCUT2D eigenvalue weighted by Crippen LogP contribution is -2.14. The first-order valence-electron chi connectivity index (χ1n) is 12.6. The van der Waals surface area contributed by atoms with Gasteiger partial charge in [-0.2, -0.15) is 0 Å². The van der Waals surface area contributed by atoms with Crippen LogP contribution >= 0.6 is 0 Å². The van der Waals surface area contributed by atoms with Gasteiger partial charge in [0.25, 0.3) is 0 Å². The van der Waals surface area contributed by atoms with Gasteiger partial charge in [0.1, 0.15) is 11.6 Å². The fourth-order valence-electron chi connectivity index (χ4n) is 5.21. The molecule has 0 aliphatic heterocycles. The molecule has 0 heterocycles. The molecule has 0 saturated heterocycles. The van der Waals surface area contributed by atoms with Crippen molar-refractivity contribution in [2.24, 2.45) is 0 Å². The number of fused-ring (bicyclic) bond motifs is 1. The average Bonchev–Trinajstić information content (AvgIpc) is 2.97. The Balaban J connectivity index is 1.62. The van der Waals surface area contributed by atoms with Crippen LogP contribution in [0, 0.1) is 11.6 Å². The highest BCUT2D eigenvalue weighted by Crippen LogP contribution is 2.44. The first kappa shape index (κ1) is 23.6. The number of rotatable bonds is 5. The van der Waals surface area contributed by atoms with Gasteiger partial charge in [-0.1, -0.05) is 109 Å². The summed E-state index contributed by atoms with van der Waals surface area (Å²) in [5.41, 5.74) is 6.17. The average molecular weight is 498 g/mol. The van der Waals surface area contributed by atoms with E-state index in [1.54, 1.807) is 30.1 Å². The molecular weight excluding hydrogens is 472 g/mol. The van der Waals surface area contributed by atoms with E-state index in [0.717, 1.165) is 38.6 Å². The summed E-state index contributed by atoms with van der Waals surface area (Å²) in [5, 5.41) is 2.31. The van der Waals surface area contributed by atoms with Crippen molar-refractivity contribution in [3.63, 3.8) is 0 Å². The lowest BCUT2D eigenvalue weighted by atomic mass is 9.89. The molecule has 0 aromatic heterocycles. The van der Waals surface area contributed by atoms with Gasteiger partial charge < -0.3 is 4.90 Å². The third-order valence-electron chi connectivity index (χ3n) is 7.01. The minimum absolute atomic E-state index is 0.308. The van der Waals surface area contributed by atoms with Gasteiger partial charge in [0, 0.05) is 12.6 Å². The number of para-hydroxylation sites is 1. The van der Waals surface area contributed by atoms with Crippen molar-refractivity contribution in [3.05, 3.63) is 145 Å². The van der Waals surface area contributed by atoms with Crippen LogP contribution in [0.1, 0.15) is 0 Å². The van der Waals surface area contributed by atoms with Gasteiger partial charge in [0.05, 0.1) is 11.4 Å². The molecular formula is C35H25F2N. The maximum Gasteiger partial charge on any atom is 0.147 e. The van der Waals surface area contributed by atoms with Gasteiger partial charge >= 0.3 is 0 Å². The SMILES string of the molecule is CN(c1ccccc1F)c1c(F)ccc(-c2ccccc2)c1-c1cccc(-c2cccc3ccccc23)c1. The molecule has 1 nitrogen and oxygen atoms in total. The zero-order valence-electron chi connectivity index (χ0n) is 20.9. The van der Waals surface area contributed by atoms with E-state index in [9.17, 15) is 4.39 Å². The van der Waals surface area contributed by atoms with Crippen LogP contribution in [0.25, 0.3) is 44.2 Å². The van der Waals surface area contributed by atoms with Gasteiger partial charge in [-0.15, -0.1) is 0 Å². The molecule has 184 valence electrons. The van der Waals surface area contributed by atoms with Gasteiger partial charge in [-0.25, -0.2) is 8.78 Å². The maximum absolute atomic E-state index is 15.8. The van der Waals surface area contributed by atoms with E-state index >= 15 is 4.39 Å². The molecule has 3 heteroatoms. The Hall–Kier alpha value is -4.76. The molecule has 6 aromatic rings. The maximum atomic E-state index is 15.8. The smallest absolute Gasteiger partial charge is 0.147 e. The molecule has 0 unspecified atom stereocenters. The van der Waals surface area contributed by atoms with Crippen LogP contribution in [-0.2, 0) is 0 Å². The highest BCUT2D eigenvalue weighted by Gasteiger charge is 2.22. The number of benzene rings is 6. The first-order valence-corrected chi connectivity index (χ1v) is 12.6. The van der Waals surface area contributed by atoms with E-state index in [1.807, 2.05) is 60.7 Å². The molecule has 0 N–H and O–H groups in total. The van der Waals surface area contributed by atoms with Crippen LogP contribution in [0.15, 0.2) is 133 Å². The van der Waals surface area contributed by atoms with Gasteiger partial charge in [-0.05, 0) is 62.9 Å². The lowest BCUT2D eigenvalue weighted by molar-refractivity contribution is 0.618. The number of halogens is 2. The second kappa shape index (κ2) is 9.95. The zero-order valence-corrected chi connectivity index (χ0v) is 20.9. The summed E-state index contributed by atoms with van der Waals surface area (Å²) >= 11 is 0. The van der Waals surface area contributed by atoms with Crippen molar-refractivity contribution < 1.29 is 8.78 Å². The Morgan fingerprint density at radius 3 is 2.00 bits per heavy atom. The van der Waals surface area contributed by atoms with Crippen LogP contribution < -0.4 is 4.90 Å². The summed E-state index contributed by atoms with van der Waals surface area (Å²) in [5.74, 6) is -0.823. The van der Waals surface area contributed by atoms with Gasteiger partial charge in [-0.3, -0.25) is 0 Å². The number of anilines is 2. The summed E-state index contributed by atoms with van der Waals surface area (Å²) in [7, 11) is 1.71. The van der Waals surface area contributed by atoms with E-state index in [-0.39, 0.29) is 0 Å². The van der Waals surface area contributed by atoms with Crippen molar-refractivity contribution in [1.82, 2.24) is 0 Å². The van der Waals surface area contributed by atoms with Crippen molar-refractivity contribution >= 4 is 22.1 Å². The van der Waals surface area contributed by atoms with Gasteiger partial charge in [0.15, 0.2) is 0 Å². The molecule has 0 spiro atoms. The Bertz CT molecular complexity index is 1750. The highest BCUT2D eigenvalue weighted by molar-refractivity contribution is 5.99. The van der Waals surface area contributed by atoms with Crippen LogP contribution in [0.3, 0.4) is 0 Å². The van der Waals surface area contributed by atoms with E-state index in [1.165, 1.54) is 12.1 Å². The summed E-state index contributed by atoms with van der Waals surface area (Å²) in [4.78, 5) is 1.61. The summed E-state index contributed by atoms with van der Waals surface area (Å²) in [6, 6.07) is 42.4.